The van der Waals surface area contributed by atoms with E-state index in [0.29, 0.717) is 33.1 Å². The predicted molar refractivity (Wildman–Crippen MR) is 100 cm³/mol. The largest absolute Gasteiger partial charge is 0.493 e. The third kappa shape index (κ3) is 2.46. The molecule has 4 aromatic heterocycles. The second kappa shape index (κ2) is 6.15. The molecule has 0 aliphatic carbocycles. The fraction of sp³-hybridized carbons (Fsp3) is 0.167. The van der Waals surface area contributed by atoms with Crippen LogP contribution in [0.3, 0.4) is 0 Å². The number of nitrogens with zero attached hydrogens (tertiary/aromatic N) is 2. The first kappa shape index (κ1) is 16.6. The minimum atomic E-state index is -0.923. The lowest BCUT2D eigenvalue weighted by Crippen LogP contribution is -2.10. The lowest BCUT2D eigenvalue weighted by molar-refractivity contribution is 0.440. The molecule has 4 rings (SSSR count). The van der Waals surface area contributed by atoms with Gasteiger partial charge < -0.3 is 15.8 Å². The van der Waals surface area contributed by atoms with Gasteiger partial charge >= 0.3 is 0 Å². The Labute approximate surface area is 151 Å². The highest BCUT2D eigenvalue weighted by molar-refractivity contribution is 7.17. The van der Waals surface area contributed by atoms with Crippen LogP contribution in [0.1, 0.15) is 18.5 Å². The van der Waals surface area contributed by atoms with Crippen molar-refractivity contribution >= 4 is 32.3 Å². The van der Waals surface area contributed by atoms with E-state index in [1.165, 1.54) is 11.3 Å². The molecule has 26 heavy (non-hydrogen) atoms. The first-order valence-electron chi connectivity index (χ1n) is 7.99. The van der Waals surface area contributed by atoms with Crippen LogP contribution in [0, 0.1) is 5.95 Å². The van der Waals surface area contributed by atoms with Crippen LogP contribution < -0.4 is 11.3 Å². The Bertz CT molecular complexity index is 1180. The van der Waals surface area contributed by atoms with Crippen molar-refractivity contribution in [3.8, 4) is 17.0 Å². The summed E-state index contributed by atoms with van der Waals surface area (Å²) in [5.41, 5.74) is 6.98. The molecule has 4 aromatic rings. The molecular weight excluding hydrogens is 355 g/mol. The van der Waals surface area contributed by atoms with E-state index in [1.54, 1.807) is 23.7 Å². The van der Waals surface area contributed by atoms with E-state index in [-0.39, 0.29) is 17.0 Å². The summed E-state index contributed by atoms with van der Waals surface area (Å²) in [5, 5.41) is 13.1. The van der Waals surface area contributed by atoms with Crippen molar-refractivity contribution in [2.45, 2.75) is 12.8 Å². The summed E-state index contributed by atoms with van der Waals surface area (Å²) in [6.45, 7) is 2.43. The Morgan fingerprint density at radius 2 is 2.19 bits per heavy atom. The number of hydrogen-bond acceptors (Lipinski definition) is 6. The number of aromatic amines is 1. The average molecular weight is 370 g/mol. The Morgan fingerprint density at radius 1 is 1.38 bits per heavy atom. The maximum atomic E-state index is 14.3. The second-order valence-corrected chi connectivity index (χ2v) is 6.99. The molecule has 0 radical (unpaired) electrons. The lowest BCUT2D eigenvalue weighted by atomic mass is 10.00. The fourth-order valence-electron chi connectivity index (χ4n) is 3.02. The minimum absolute atomic E-state index is 0.0342. The Kier molecular flexibility index (Phi) is 3.93. The topological polar surface area (TPSA) is 105 Å². The maximum absolute atomic E-state index is 14.3. The zero-order valence-corrected chi connectivity index (χ0v) is 14.6. The van der Waals surface area contributed by atoms with E-state index in [4.69, 9.17) is 5.73 Å². The highest BCUT2D eigenvalue weighted by Crippen LogP contribution is 2.39. The number of rotatable bonds is 3. The van der Waals surface area contributed by atoms with E-state index in [2.05, 4.69) is 15.0 Å². The van der Waals surface area contributed by atoms with Crippen LogP contribution in [0.2, 0.25) is 0 Å². The van der Waals surface area contributed by atoms with Crippen molar-refractivity contribution < 1.29 is 9.50 Å². The zero-order valence-electron chi connectivity index (χ0n) is 13.8. The van der Waals surface area contributed by atoms with Gasteiger partial charge in [0.25, 0.3) is 5.56 Å². The van der Waals surface area contributed by atoms with Gasteiger partial charge in [-0.2, -0.15) is 9.37 Å². The molecule has 0 saturated heterocycles. The summed E-state index contributed by atoms with van der Waals surface area (Å²) in [4.78, 5) is 22.7. The Hall–Kier alpha value is -2.84. The van der Waals surface area contributed by atoms with Gasteiger partial charge in [-0.15, -0.1) is 11.3 Å². The van der Waals surface area contributed by atoms with E-state index in [0.717, 1.165) is 5.69 Å². The van der Waals surface area contributed by atoms with Crippen LogP contribution in [-0.4, -0.2) is 26.6 Å². The number of aromatic hydroxyl groups is 1. The third-order valence-corrected chi connectivity index (χ3v) is 5.36. The summed E-state index contributed by atoms with van der Waals surface area (Å²) < 4.78 is 14.8. The summed E-state index contributed by atoms with van der Waals surface area (Å²) in [5.74, 6) is -1.27. The van der Waals surface area contributed by atoms with Crippen LogP contribution >= 0.6 is 11.3 Å². The third-order valence-electron chi connectivity index (χ3n) is 4.45. The maximum Gasteiger partial charge on any atom is 0.266 e. The molecule has 0 bridgehead atoms. The lowest BCUT2D eigenvalue weighted by Gasteiger charge is -2.12. The van der Waals surface area contributed by atoms with Gasteiger partial charge in [-0.05, 0) is 17.5 Å². The van der Waals surface area contributed by atoms with E-state index >= 15 is 0 Å². The van der Waals surface area contributed by atoms with Gasteiger partial charge in [0.05, 0.1) is 5.56 Å². The molecule has 0 amide bonds. The molecular formula is C18H15FN4O2S. The van der Waals surface area contributed by atoms with Gasteiger partial charge in [-0.1, -0.05) is 13.0 Å². The number of H-pyrrole nitrogens is 1. The molecule has 1 unspecified atom stereocenters. The SMILES string of the molecule is CC(CN)c1ccc(-c2c(O)nc(F)c3[nH]c(=O)c4sccc4c23)cn1. The first-order chi connectivity index (χ1) is 12.5. The average Bonchev–Trinajstić information content (AvgIpc) is 3.13. The number of thiophene rings is 1. The quantitative estimate of drug-likeness (QED) is 0.481. The number of nitrogens with one attached hydrogen (secondary N) is 1. The van der Waals surface area contributed by atoms with Gasteiger partial charge in [0.15, 0.2) is 0 Å². The molecule has 4 N–H and O–H groups in total. The molecule has 132 valence electrons. The van der Waals surface area contributed by atoms with Crippen molar-refractivity contribution in [3.63, 3.8) is 0 Å². The van der Waals surface area contributed by atoms with Crippen LogP contribution in [0.25, 0.3) is 32.1 Å². The Morgan fingerprint density at radius 3 is 2.88 bits per heavy atom. The van der Waals surface area contributed by atoms with Crippen molar-refractivity contribution in [2.24, 2.45) is 5.73 Å². The van der Waals surface area contributed by atoms with Gasteiger partial charge in [0.1, 0.15) is 10.2 Å². The number of nitrogens with two attached hydrogens (primary N) is 1. The van der Waals surface area contributed by atoms with Crippen LogP contribution in [0.15, 0.2) is 34.6 Å². The summed E-state index contributed by atoms with van der Waals surface area (Å²) in [6, 6.07) is 5.34. The van der Waals surface area contributed by atoms with Gasteiger partial charge in [-0.3, -0.25) is 9.78 Å². The van der Waals surface area contributed by atoms with E-state index < -0.39 is 11.8 Å². The molecule has 0 saturated carbocycles. The second-order valence-electron chi connectivity index (χ2n) is 6.08. The molecule has 8 heteroatoms. The summed E-state index contributed by atoms with van der Waals surface area (Å²) >= 11 is 1.26. The predicted octanol–water partition coefficient (Wildman–Crippen LogP) is 3.11. The smallest absolute Gasteiger partial charge is 0.266 e. The molecule has 0 aliphatic rings. The summed E-state index contributed by atoms with van der Waals surface area (Å²) in [6.07, 6.45) is 1.60. The highest BCUT2D eigenvalue weighted by atomic mass is 32.1. The van der Waals surface area contributed by atoms with Crippen LogP contribution in [0.5, 0.6) is 5.88 Å². The van der Waals surface area contributed by atoms with E-state index in [1.807, 2.05) is 13.0 Å². The Balaban J connectivity index is 2.06. The number of halogens is 1. The molecule has 4 heterocycles. The number of hydrogen-bond donors (Lipinski definition) is 3. The van der Waals surface area contributed by atoms with Gasteiger partial charge in [-0.25, -0.2) is 0 Å². The standard InChI is InChI=1S/C18H15FN4O2S/c1-8(6-20)11-3-2-9(7-21-11)12-13-10-4-5-26-15(10)18(25)22-14(13)16(19)23-17(12)24/h2-5,7-8H,6,20H2,1H3,(H,22,25)(H,23,24). The van der Waals surface area contributed by atoms with Crippen LogP contribution in [-0.2, 0) is 0 Å². The fourth-order valence-corrected chi connectivity index (χ4v) is 3.81. The van der Waals surface area contributed by atoms with E-state index in [9.17, 15) is 14.3 Å². The van der Waals surface area contributed by atoms with Gasteiger partial charge in [0, 0.05) is 40.7 Å². The zero-order chi connectivity index (χ0) is 18.4. The first-order valence-corrected chi connectivity index (χ1v) is 8.87. The number of aromatic nitrogens is 3. The normalized spacial score (nSPS) is 12.7. The highest BCUT2D eigenvalue weighted by Gasteiger charge is 2.20. The van der Waals surface area contributed by atoms with Crippen molar-refractivity contribution in [1.29, 1.82) is 0 Å². The van der Waals surface area contributed by atoms with Crippen molar-refractivity contribution in [2.75, 3.05) is 6.54 Å². The molecule has 6 nitrogen and oxygen atoms in total. The molecule has 0 fully saturated rings. The molecule has 0 aromatic carbocycles. The monoisotopic (exact) mass is 370 g/mol. The minimum Gasteiger partial charge on any atom is -0.493 e. The van der Waals surface area contributed by atoms with Gasteiger partial charge in [0.2, 0.25) is 11.8 Å². The number of pyridine rings is 3. The summed E-state index contributed by atoms with van der Waals surface area (Å²) in [7, 11) is 0. The number of fused-ring (bicyclic) bond motifs is 3. The molecule has 0 spiro atoms. The van der Waals surface area contributed by atoms with Crippen LogP contribution in [0.4, 0.5) is 4.39 Å². The molecule has 0 aliphatic heterocycles. The van der Waals surface area contributed by atoms with Crippen molar-refractivity contribution in [3.05, 3.63) is 51.8 Å². The van der Waals surface area contributed by atoms with Crippen molar-refractivity contribution in [1.82, 2.24) is 15.0 Å². The molecule has 1 atom stereocenters.